The van der Waals surface area contributed by atoms with Crippen molar-refractivity contribution in [1.29, 1.82) is 0 Å². The lowest BCUT2D eigenvalue weighted by molar-refractivity contribution is -0.127. The Labute approximate surface area is 118 Å². The smallest absolute Gasteiger partial charge is 0.167 e. The minimum absolute atomic E-state index is 0.0158. The van der Waals surface area contributed by atoms with Gasteiger partial charge in [-0.05, 0) is 29.2 Å². The summed E-state index contributed by atoms with van der Waals surface area (Å²) >= 11 is 0. The fourth-order valence-electron chi connectivity index (χ4n) is 2.40. The van der Waals surface area contributed by atoms with Gasteiger partial charge >= 0.3 is 0 Å². The Kier molecular flexibility index (Phi) is 3.66. The second kappa shape index (κ2) is 5.12. The number of ether oxygens (including phenoxy) is 1. The van der Waals surface area contributed by atoms with E-state index in [4.69, 9.17) is 4.74 Å². The number of methoxy groups -OCH3 is 1. The Morgan fingerprint density at radius 3 is 2.30 bits per heavy atom. The molecule has 0 bridgehead atoms. The highest BCUT2D eigenvalue weighted by atomic mass is 16.5. The van der Waals surface area contributed by atoms with Crippen molar-refractivity contribution >= 4 is 17.6 Å². The lowest BCUT2D eigenvalue weighted by atomic mass is 9.74. The second-order valence-corrected chi connectivity index (χ2v) is 5.85. The van der Waals surface area contributed by atoms with E-state index in [0.29, 0.717) is 24.2 Å². The quantitative estimate of drug-likeness (QED) is 0.665. The molecule has 1 aromatic carbocycles. The fraction of sp³-hybridized carbons (Fsp3) is 0.375. The van der Waals surface area contributed by atoms with E-state index in [9.17, 15) is 14.7 Å². The Hall–Kier alpha value is -2.10. The molecule has 0 radical (unpaired) electrons. The average molecular weight is 274 g/mol. The maximum Gasteiger partial charge on any atom is 0.167 e. The number of aromatic hydroxyl groups is 1. The van der Waals surface area contributed by atoms with Crippen molar-refractivity contribution in [2.45, 2.75) is 26.7 Å². The number of hydrogen-bond acceptors (Lipinski definition) is 4. The molecule has 1 aliphatic rings. The van der Waals surface area contributed by atoms with Crippen molar-refractivity contribution in [3.05, 3.63) is 29.3 Å². The Morgan fingerprint density at radius 2 is 1.80 bits per heavy atom. The van der Waals surface area contributed by atoms with Crippen molar-refractivity contribution in [3.63, 3.8) is 0 Å². The molecule has 4 nitrogen and oxygen atoms in total. The molecule has 106 valence electrons. The maximum absolute atomic E-state index is 12.1. The monoisotopic (exact) mass is 274 g/mol. The van der Waals surface area contributed by atoms with Gasteiger partial charge in [0.25, 0.3) is 0 Å². The van der Waals surface area contributed by atoms with Crippen LogP contribution in [0.25, 0.3) is 6.08 Å². The van der Waals surface area contributed by atoms with E-state index in [1.54, 1.807) is 18.2 Å². The van der Waals surface area contributed by atoms with Crippen LogP contribution in [0.15, 0.2) is 23.8 Å². The summed E-state index contributed by atoms with van der Waals surface area (Å²) in [6.45, 7) is 3.83. The molecule has 0 amide bonds. The molecule has 1 saturated carbocycles. The third kappa shape index (κ3) is 2.90. The van der Waals surface area contributed by atoms with Crippen molar-refractivity contribution in [2.24, 2.45) is 5.41 Å². The van der Waals surface area contributed by atoms with Crippen LogP contribution >= 0.6 is 0 Å². The number of hydrogen-bond donors (Lipinski definition) is 1. The summed E-state index contributed by atoms with van der Waals surface area (Å²) in [7, 11) is 1.46. The van der Waals surface area contributed by atoms with Crippen LogP contribution in [0.2, 0.25) is 0 Å². The van der Waals surface area contributed by atoms with Crippen molar-refractivity contribution in [2.75, 3.05) is 7.11 Å². The summed E-state index contributed by atoms with van der Waals surface area (Å²) < 4.78 is 4.95. The van der Waals surface area contributed by atoms with Gasteiger partial charge in [-0.3, -0.25) is 9.59 Å². The number of ketones is 2. The van der Waals surface area contributed by atoms with E-state index in [1.807, 2.05) is 13.8 Å². The van der Waals surface area contributed by atoms with Gasteiger partial charge in [0, 0.05) is 12.8 Å². The highest BCUT2D eigenvalue weighted by molar-refractivity contribution is 6.25. The van der Waals surface area contributed by atoms with E-state index >= 15 is 0 Å². The lowest BCUT2D eigenvalue weighted by Crippen LogP contribution is -2.31. The van der Waals surface area contributed by atoms with Gasteiger partial charge in [-0.25, -0.2) is 0 Å². The SMILES string of the molecule is COc1ccc(C=C2C(=O)CC(C)(C)CC2=O)cc1O. The molecule has 0 saturated heterocycles. The molecule has 1 N–H and O–H groups in total. The molecule has 0 heterocycles. The molecule has 2 rings (SSSR count). The number of Topliss-reactive ketones (excluding diaryl/α,β-unsaturated/α-hetero) is 2. The summed E-state index contributed by atoms with van der Waals surface area (Å²) in [5.41, 5.74) is 0.557. The summed E-state index contributed by atoms with van der Waals surface area (Å²) in [4.78, 5) is 24.1. The molecule has 0 aliphatic heterocycles. The second-order valence-electron chi connectivity index (χ2n) is 5.85. The minimum atomic E-state index is -0.270. The van der Waals surface area contributed by atoms with Crippen LogP contribution in [-0.4, -0.2) is 23.8 Å². The van der Waals surface area contributed by atoms with Crippen molar-refractivity contribution in [1.82, 2.24) is 0 Å². The molecule has 1 fully saturated rings. The van der Waals surface area contributed by atoms with Gasteiger partial charge in [0.15, 0.2) is 23.1 Å². The summed E-state index contributed by atoms with van der Waals surface area (Å²) in [5.74, 6) is 0.0654. The van der Waals surface area contributed by atoms with Crippen molar-refractivity contribution in [3.8, 4) is 11.5 Å². The van der Waals surface area contributed by atoms with Crippen LogP contribution in [0, 0.1) is 5.41 Å². The largest absolute Gasteiger partial charge is 0.504 e. The predicted molar refractivity (Wildman–Crippen MR) is 75.7 cm³/mol. The molecule has 20 heavy (non-hydrogen) atoms. The number of rotatable bonds is 2. The highest BCUT2D eigenvalue weighted by Gasteiger charge is 2.35. The van der Waals surface area contributed by atoms with Crippen LogP contribution in [0.1, 0.15) is 32.3 Å². The molecule has 0 atom stereocenters. The zero-order valence-corrected chi connectivity index (χ0v) is 11.9. The van der Waals surface area contributed by atoms with Gasteiger partial charge in [-0.15, -0.1) is 0 Å². The molecular weight excluding hydrogens is 256 g/mol. The first-order valence-corrected chi connectivity index (χ1v) is 6.47. The molecule has 4 heteroatoms. The van der Waals surface area contributed by atoms with E-state index in [-0.39, 0.29) is 28.3 Å². The van der Waals surface area contributed by atoms with Gasteiger partial charge in [0.05, 0.1) is 12.7 Å². The molecular formula is C16H18O4. The summed E-state index contributed by atoms with van der Waals surface area (Å²) in [6.07, 6.45) is 2.28. The molecule has 0 unspecified atom stereocenters. The third-order valence-electron chi connectivity index (χ3n) is 3.39. The van der Waals surface area contributed by atoms with Gasteiger partial charge < -0.3 is 9.84 Å². The number of benzene rings is 1. The number of allylic oxidation sites excluding steroid dienone is 1. The third-order valence-corrected chi connectivity index (χ3v) is 3.39. The number of phenolic OH excluding ortho intramolecular Hbond substituents is 1. The Balaban J connectivity index is 2.33. The maximum atomic E-state index is 12.1. The van der Waals surface area contributed by atoms with Gasteiger partial charge in [0.1, 0.15) is 0 Å². The Bertz CT molecular complexity index is 574. The van der Waals surface area contributed by atoms with Crippen LogP contribution in [0.4, 0.5) is 0 Å². The van der Waals surface area contributed by atoms with Crippen LogP contribution in [0.3, 0.4) is 0 Å². The molecule has 1 aromatic rings. The van der Waals surface area contributed by atoms with Gasteiger partial charge in [-0.2, -0.15) is 0 Å². The standard InChI is InChI=1S/C16H18O4/c1-16(2)8-13(18)11(14(19)9-16)6-10-4-5-15(20-3)12(17)7-10/h4-7,17H,8-9H2,1-3H3. The fourth-order valence-corrected chi connectivity index (χ4v) is 2.40. The normalized spacial score (nSPS) is 18.1. The lowest BCUT2D eigenvalue weighted by Gasteiger charge is -2.28. The predicted octanol–water partition coefficient (Wildman–Crippen LogP) is 2.74. The molecule has 0 spiro atoms. The van der Waals surface area contributed by atoms with E-state index in [2.05, 4.69) is 0 Å². The first-order chi connectivity index (χ1) is 9.32. The number of carbonyl (C=O) groups excluding carboxylic acids is 2. The topological polar surface area (TPSA) is 63.6 Å². The zero-order chi connectivity index (χ0) is 14.9. The van der Waals surface area contributed by atoms with Crippen molar-refractivity contribution < 1.29 is 19.4 Å². The van der Waals surface area contributed by atoms with E-state index in [1.165, 1.54) is 13.2 Å². The summed E-state index contributed by atoms with van der Waals surface area (Å²) in [5, 5.41) is 9.71. The van der Waals surface area contributed by atoms with E-state index < -0.39 is 0 Å². The minimum Gasteiger partial charge on any atom is -0.504 e. The Morgan fingerprint density at radius 1 is 1.20 bits per heavy atom. The van der Waals surface area contributed by atoms with Gasteiger partial charge in [-0.1, -0.05) is 19.9 Å². The number of phenols is 1. The van der Waals surface area contributed by atoms with Crippen LogP contribution < -0.4 is 4.74 Å². The average Bonchev–Trinajstić information content (AvgIpc) is 2.33. The van der Waals surface area contributed by atoms with Crippen LogP contribution in [0.5, 0.6) is 11.5 Å². The zero-order valence-electron chi connectivity index (χ0n) is 11.9. The van der Waals surface area contributed by atoms with Crippen LogP contribution in [-0.2, 0) is 9.59 Å². The first kappa shape index (κ1) is 14.3. The van der Waals surface area contributed by atoms with E-state index in [0.717, 1.165) is 0 Å². The van der Waals surface area contributed by atoms with Gasteiger partial charge in [0.2, 0.25) is 0 Å². The first-order valence-electron chi connectivity index (χ1n) is 6.47. The summed E-state index contributed by atoms with van der Waals surface area (Å²) in [6, 6.07) is 4.78. The molecule has 1 aliphatic carbocycles. The number of carbonyl (C=O) groups is 2. The highest BCUT2D eigenvalue weighted by Crippen LogP contribution is 2.35. The molecule has 0 aromatic heterocycles.